The minimum absolute atomic E-state index is 0.415. The average Bonchev–Trinajstić information content (AvgIpc) is 2.71. The van der Waals surface area contributed by atoms with Gasteiger partial charge in [0.2, 0.25) is 0 Å². The van der Waals surface area contributed by atoms with E-state index in [1.165, 1.54) is 26.1 Å². The number of piperidine rings is 1. The Morgan fingerprint density at radius 1 is 1.38 bits per heavy atom. The van der Waals surface area contributed by atoms with Gasteiger partial charge in [-0.1, -0.05) is 13.8 Å². The predicted molar refractivity (Wildman–Crippen MR) is 66.3 cm³/mol. The van der Waals surface area contributed by atoms with E-state index >= 15 is 0 Å². The lowest BCUT2D eigenvalue weighted by Gasteiger charge is -2.37. The number of hydrogen-bond donors (Lipinski definition) is 1. The summed E-state index contributed by atoms with van der Waals surface area (Å²) < 4.78 is 5.75. The molecule has 0 aromatic heterocycles. The van der Waals surface area contributed by atoms with E-state index < -0.39 is 0 Å². The van der Waals surface area contributed by atoms with Crippen LogP contribution in [0.5, 0.6) is 0 Å². The fourth-order valence-corrected chi connectivity index (χ4v) is 3.10. The first-order valence-corrected chi connectivity index (χ1v) is 6.80. The van der Waals surface area contributed by atoms with Gasteiger partial charge in [-0.05, 0) is 37.6 Å². The predicted octanol–water partition coefficient (Wildman–Crippen LogP) is 1.47. The van der Waals surface area contributed by atoms with E-state index in [2.05, 4.69) is 18.7 Å². The summed E-state index contributed by atoms with van der Waals surface area (Å²) in [5, 5.41) is 0. The Kier molecular flexibility index (Phi) is 4.22. The minimum Gasteiger partial charge on any atom is -0.378 e. The van der Waals surface area contributed by atoms with Crippen LogP contribution in [-0.2, 0) is 4.74 Å². The molecule has 3 heteroatoms. The van der Waals surface area contributed by atoms with Gasteiger partial charge in [-0.3, -0.25) is 0 Å². The largest absolute Gasteiger partial charge is 0.378 e. The molecule has 0 amide bonds. The van der Waals surface area contributed by atoms with Crippen molar-refractivity contribution in [3.63, 3.8) is 0 Å². The van der Waals surface area contributed by atoms with Crippen LogP contribution in [-0.4, -0.2) is 43.3 Å². The Morgan fingerprint density at radius 2 is 2.19 bits per heavy atom. The molecular formula is C13H26N2O. The molecule has 94 valence electrons. The van der Waals surface area contributed by atoms with Gasteiger partial charge in [-0.25, -0.2) is 0 Å². The van der Waals surface area contributed by atoms with Gasteiger partial charge in [-0.15, -0.1) is 0 Å². The van der Waals surface area contributed by atoms with Crippen LogP contribution in [0.1, 0.15) is 33.1 Å². The van der Waals surface area contributed by atoms with Crippen LogP contribution in [0.2, 0.25) is 0 Å². The molecule has 4 atom stereocenters. The maximum atomic E-state index is 6.05. The van der Waals surface area contributed by atoms with Gasteiger partial charge >= 0.3 is 0 Å². The van der Waals surface area contributed by atoms with Crippen molar-refractivity contribution in [3.8, 4) is 0 Å². The number of rotatable bonds is 3. The number of likely N-dealkylation sites (tertiary alicyclic amines) is 1. The lowest BCUT2D eigenvalue weighted by molar-refractivity contribution is 0.0661. The third kappa shape index (κ3) is 2.76. The van der Waals surface area contributed by atoms with E-state index in [9.17, 15) is 0 Å². The van der Waals surface area contributed by atoms with Gasteiger partial charge in [0, 0.05) is 25.7 Å². The topological polar surface area (TPSA) is 38.5 Å². The number of hydrogen-bond acceptors (Lipinski definition) is 3. The smallest absolute Gasteiger partial charge is 0.0613 e. The molecule has 2 heterocycles. The highest BCUT2D eigenvalue weighted by Gasteiger charge is 2.31. The first kappa shape index (κ1) is 12.3. The van der Waals surface area contributed by atoms with E-state index in [0.29, 0.717) is 18.1 Å². The second kappa shape index (κ2) is 5.48. The first-order valence-electron chi connectivity index (χ1n) is 6.80. The maximum absolute atomic E-state index is 6.05. The summed E-state index contributed by atoms with van der Waals surface area (Å²) in [5.41, 5.74) is 6.05. The molecule has 0 spiro atoms. The van der Waals surface area contributed by atoms with E-state index in [4.69, 9.17) is 10.5 Å². The summed E-state index contributed by atoms with van der Waals surface area (Å²) in [6, 6.07) is 0.415. The molecule has 3 nitrogen and oxygen atoms in total. The molecular weight excluding hydrogens is 200 g/mol. The Balaban J connectivity index is 1.81. The van der Waals surface area contributed by atoms with Crippen molar-refractivity contribution in [2.24, 2.45) is 17.6 Å². The van der Waals surface area contributed by atoms with Gasteiger partial charge < -0.3 is 15.4 Å². The molecule has 0 saturated carbocycles. The van der Waals surface area contributed by atoms with Crippen molar-refractivity contribution in [1.29, 1.82) is 0 Å². The Hall–Kier alpha value is -0.120. The van der Waals surface area contributed by atoms with Crippen molar-refractivity contribution in [3.05, 3.63) is 0 Å². The molecule has 0 radical (unpaired) electrons. The van der Waals surface area contributed by atoms with E-state index in [1.807, 2.05) is 0 Å². The first-order chi connectivity index (χ1) is 7.70. The fourth-order valence-electron chi connectivity index (χ4n) is 3.10. The molecule has 0 bridgehead atoms. The standard InChI is InChI=1S/C13H26N2O/c1-3-13-11(5-7-16-13)9-15-6-4-12(14)10(2)8-15/h10-13H,3-9,14H2,1-2H3. The normalized spacial score (nSPS) is 41.4. The second-order valence-electron chi connectivity index (χ2n) is 5.56. The molecule has 4 unspecified atom stereocenters. The van der Waals surface area contributed by atoms with E-state index in [-0.39, 0.29) is 0 Å². The summed E-state index contributed by atoms with van der Waals surface area (Å²) in [4.78, 5) is 2.59. The summed E-state index contributed by atoms with van der Waals surface area (Å²) in [6.07, 6.45) is 4.07. The van der Waals surface area contributed by atoms with Crippen LogP contribution >= 0.6 is 0 Å². The third-order valence-corrected chi connectivity index (χ3v) is 4.30. The second-order valence-corrected chi connectivity index (χ2v) is 5.56. The summed E-state index contributed by atoms with van der Waals surface area (Å²) >= 11 is 0. The van der Waals surface area contributed by atoms with Gasteiger partial charge in [-0.2, -0.15) is 0 Å². The zero-order valence-electron chi connectivity index (χ0n) is 10.7. The number of nitrogens with two attached hydrogens (primary N) is 1. The van der Waals surface area contributed by atoms with Gasteiger partial charge in [0.15, 0.2) is 0 Å². The molecule has 2 N–H and O–H groups in total. The van der Waals surface area contributed by atoms with Crippen molar-refractivity contribution in [2.45, 2.75) is 45.3 Å². The van der Waals surface area contributed by atoms with E-state index in [0.717, 1.165) is 25.4 Å². The maximum Gasteiger partial charge on any atom is 0.0613 e. The number of ether oxygens (including phenoxy) is 1. The molecule has 2 saturated heterocycles. The van der Waals surface area contributed by atoms with Crippen LogP contribution in [0.3, 0.4) is 0 Å². The average molecular weight is 226 g/mol. The van der Waals surface area contributed by atoms with Crippen molar-refractivity contribution < 1.29 is 4.74 Å². The zero-order valence-corrected chi connectivity index (χ0v) is 10.7. The van der Waals surface area contributed by atoms with E-state index in [1.54, 1.807) is 0 Å². The van der Waals surface area contributed by atoms with Crippen LogP contribution < -0.4 is 5.73 Å². The Bertz CT molecular complexity index is 222. The summed E-state index contributed by atoms with van der Waals surface area (Å²) in [6.45, 7) is 9.05. The van der Waals surface area contributed by atoms with Crippen molar-refractivity contribution in [1.82, 2.24) is 4.90 Å². The van der Waals surface area contributed by atoms with Crippen molar-refractivity contribution >= 4 is 0 Å². The van der Waals surface area contributed by atoms with Gasteiger partial charge in [0.25, 0.3) is 0 Å². The van der Waals surface area contributed by atoms with Crippen molar-refractivity contribution in [2.75, 3.05) is 26.2 Å². The molecule has 0 aromatic rings. The molecule has 0 aromatic carbocycles. The highest BCUT2D eigenvalue weighted by molar-refractivity contribution is 4.84. The molecule has 16 heavy (non-hydrogen) atoms. The summed E-state index contributed by atoms with van der Waals surface area (Å²) in [5.74, 6) is 1.41. The molecule has 2 aliphatic heterocycles. The van der Waals surface area contributed by atoms with Gasteiger partial charge in [0.05, 0.1) is 6.10 Å². The molecule has 2 aliphatic rings. The highest BCUT2D eigenvalue weighted by Crippen LogP contribution is 2.26. The Morgan fingerprint density at radius 3 is 2.88 bits per heavy atom. The van der Waals surface area contributed by atoms with Gasteiger partial charge in [0.1, 0.15) is 0 Å². The van der Waals surface area contributed by atoms with Crippen LogP contribution in [0.25, 0.3) is 0 Å². The monoisotopic (exact) mass is 226 g/mol. The van der Waals surface area contributed by atoms with Crippen LogP contribution in [0, 0.1) is 11.8 Å². The molecule has 0 aliphatic carbocycles. The SMILES string of the molecule is CCC1OCCC1CN1CCC(N)C(C)C1. The minimum atomic E-state index is 0.415. The quantitative estimate of drug-likeness (QED) is 0.792. The third-order valence-electron chi connectivity index (χ3n) is 4.30. The van der Waals surface area contributed by atoms with Crippen LogP contribution in [0.15, 0.2) is 0 Å². The molecule has 2 fully saturated rings. The fraction of sp³-hybridized carbons (Fsp3) is 1.00. The zero-order chi connectivity index (χ0) is 11.5. The number of nitrogens with zero attached hydrogens (tertiary/aromatic N) is 1. The Labute approximate surface area is 99.3 Å². The molecule has 2 rings (SSSR count). The highest BCUT2D eigenvalue weighted by atomic mass is 16.5. The lowest BCUT2D eigenvalue weighted by Crippen LogP contribution is -2.47. The summed E-state index contributed by atoms with van der Waals surface area (Å²) in [7, 11) is 0. The lowest BCUT2D eigenvalue weighted by atomic mass is 9.92. The van der Waals surface area contributed by atoms with Crippen LogP contribution in [0.4, 0.5) is 0 Å².